The molecule has 4 rings (SSSR count). The zero-order valence-corrected chi connectivity index (χ0v) is 21.4. The molecule has 0 fully saturated rings. The van der Waals surface area contributed by atoms with Gasteiger partial charge in [0.1, 0.15) is 11.8 Å². The molecule has 2 aromatic carbocycles. The van der Waals surface area contributed by atoms with Gasteiger partial charge in [-0.25, -0.2) is 0 Å². The number of benzene rings is 2. The molecule has 1 N–H and O–H groups in total. The first-order chi connectivity index (χ1) is 16.3. The fourth-order valence-electron chi connectivity index (χ4n) is 4.23. The lowest BCUT2D eigenvalue weighted by atomic mass is 9.91. The van der Waals surface area contributed by atoms with E-state index in [-0.39, 0.29) is 30.5 Å². The summed E-state index contributed by atoms with van der Waals surface area (Å²) in [5, 5.41) is 16.7. The number of carbonyl (C=O) groups is 1. The summed E-state index contributed by atoms with van der Waals surface area (Å²) in [6, 6.07) is 11.3. The van der Waals surface area contributed by atoms with Crippen molar-refractivity contribution in [2.24, 2.45) is 0 Å². The number of ether oxygens (including phenoxy) is 1. The summed E-state index contributed by atoms with van der Waals surface area (Å²) in [6.45, 7) is 9.05. The van der Waals surface area contributed by atoms with Crippen LogP contribution in [0.25, 0.3) is 22.8 Å². The van der Waals surface area contributed by atoms with E-state index >= 15 is 0 Å². The van der Waals surface area contributed by atoms with Crippen LogP contribution in [0.15, 0.2) is 34.9 Å². The maximum absolute atomic E-state index is 12.6. The minimum Gasteiger partial charge on any atom is -0.490 e. The molecule has 184 valence electrons. The molecular formula is C26H30ClN5O3. The van der Waals surface area contributed by atoms with Gasteiger partial charge in [-0.05, 0) is 76.1 Å². The molecular weight excluding hydrogens is 466 g/mol. The van der Waals surface area contributed by atoms with Gasteiger partial charge in [-0.1, -0.05) is 17.3 Å². The van der Waals surface area contributed by atoms with Crippen molar-refractivity contribution in [2.45, 2.75) is 52.8 Å². The highest BCUT2D eigenvalue weighted by atomic mass is 35.5. The first-order valence-corrected chi connectivity index (χ1v) is 11.4. The summed E-state index contributed by atoms with van der Waals surface area (Å²) in [6.07, 6.45) is 0.752. The lowest BCUT2D eigenvalue weighted by Gasteiger charge is -2.32. The summed E-state index contributed by atoms with van der Waals surface area (Å²) in [4.78, 5) is 19.1. The van der Waals surface area contributed by atoms with Gasteiger partial charge in [0.2, 0.25) is 11.7 Å². The van der Waals surface area contributed by atoms with E-state index in [1.54, 1.807) is 19.2 Å². The van der Waals surface area contributed by atoms with Gasteiger partial charge in [-0.15, -0.1) is 12.4 Å². The Bertz CT molecular complexity index is 1260. The number of carbonyl (C=O) groups excluding carboxylic acids is 1. The maximum Gasteiger partial charge on any atom is 0.258 e. The average Bonchev–Trinajstić information content (AvgIpc) is 3.33. The summed E-state index contributed by atoms with van der Waals surface area (Å²) in [7, 11) is 1.80. The zero-order valence-electron chi connectivity index (χ0n) is 20.6. The molecule has 0 spiro atoms. The lowest BCUT2D eigenvalue weighted by molar-refractivity contribution is -0.133. The van der Waals surface area contributed by atoms with E-state index in [9.17, 15) is 10.1 Å². The van der Waals surface area contributed by atoms with Crippen LogP contribution in [0.4, 0.5) is 0 Å². The fraction of sp³-hybridized carbons (Fsp3) is 0.385. The molecule has 1 aliphatic rings. The van der Waals surface area contributed by atoms with E-state index in [0.717, 1.165) is 23.1 Å². The third kappa shape index (κ3) is 5.31. The number of hydrogen-bond acceptors (Lipinski definition) is 7. The van der Waals surface area contributed by atoms with Crippen molar-refractivity contribution in [2.75, 3.05) is 13.6 Å². The number of halogens is 1. The van der Waals surface area contributed by atoms with Crippen LogP contribution < -0.4 is 10.1 Å². The summed E-state index contributed by atoms with van der Waals surface area (Å²) in [5.74, 6) is 1.48. The topological polar surface area (TPSA) is 104 Å². The Labute approximate surface area is 211 Å². The molecule has 35 heavy (non-hydrogen) atoms. The summed E-state index contributed by atoms with van der Waals surface area (Å²) < 4.78 is 11.2. The molecule has 0 unspecified atom stereocenters. The fourth-order valence-corrected chi connectivity index (χ4v) is 4.23. The van der Waals surface area contributed by atoms with Crippen molar-refractivity contribution >= 4 is 18.3 Å². The van der Waals surface area contributed by atoms with Gasteiger partial charge in [0, 0.05) is 24.2 Å². The Morgan fingerprint density at radius 3 is 2.71 bits per heavy atom. The first kappa shape index (κ1) is 26.2. The van der Waals surface area contributed by atoms with Gasteiger partial charge < -0.3 is 19.5 Å². The SMILES string of the molecule is CN[C@@H](C)C(=O)N1CCc2c(ccc(-c3noc(-c4ccc(OC(C)C)c(C#N)c4)n3)c2C)C1.Cl. The van der Waals surface area contributed by atoms with Crippen molar-refractivity contribution < 1.29 is 14.1 Å². The Morgan fingerprint density at radius 1 is 1.26 bits per heavy atom. The molecule has 8 nitrogen and oxygen atoms in total. The second-order valence-electron chi connectivity index (χ2n) is 8.81. The number of nitrogens with one attached hydrogen (secondary N) is 1. The van der Waals surface area contributed by atoms with E-state index < -0.39 is 0 Å². The maximum atomic E-state index is 12.6. The number of nitriles is 1. The Hall–Kier alpha value is -3.41. The van der Waals surface area contributed by atoms with Crippen LogP contribution in [0.2, 0.25) is 0 Å². The van der Waals surface area contributed by atoms with Crippen molar-refractivity contribution in [3.05, 3.63) is 52.6 Å². The van der Waals surface area contributed by atoms with Crippen molar-refractivity contribution in [3.8, 4) is 34.7 Å². The molecule has 0 radical (unpaired) electrons. The average molecular weight is 496 g/mol. The van der Waals surface area contributed by atoms with Crippen molar-refractivity contribution in [1.82, 2.24) is 20.4 Å². The van der Waals surface area contributed by atoms with E-state index in [0.29, 0.717) is 41.7 Å². The minimum absolute atomic E-state index is 0. The Balaban J connectivity index is 0.00000342. The lowest BCUT2D eigenvalue weighted by Crippen LogP contribution is -2.45. The molecule has 0 bridgehead atoms. The van der Waals surface area contributed by atoms with Gasteiger partial charge in [0.05, 0.1) is 17.7 Å². The predicted octanol–water partition coefficient (Wildman–Crippen LogP) is 4.29. The van der Waals surface area contributed by atoms with E-state index in [4.69, 9.17) is 9.26 Å². The number of hydrogen-bond donors (Lipinski definition) is 1. The standard InChI is InChI=1S/C26H29N5O3.ClH/c1-15(2)33-23-9-7-18(12-20(23)13-27)25-29-24(30-34-25)22-8-6-19-14-31(26(32)17(4)28-5)11-10-21(19)16(22)3;/h6-9,12,15,17,28H,10-11,14H2,1-5H3;1H/t17-;/m0./s1. The van der Waals surface area contributed by atoms with E-state index in [2.05, 4.69) is 28.5 Å². The van der Waals surface area contributed by atoms with Gasteiger partial charge >= 0.3 is 0 Å². The van der Waals surface area contributed by atoms with E-state index in [1.807, 2.05) is 43.9 Å². The number of nitrogens with zero attached hydrogens (tertiary/aromatic N) is 4. The van der Waals surface area contributed by atoms with Gasteiger partial charge in [-0.3, -0.25) is 4.79 Å². The van der Waals surface area contributed by atoms with Crippen LogP contribution in [0.5, 0.6) is 5.75 Å². The second-order valence-corrected chi connectivity index (χ2v) is 8.81. The molecule has 1 amide bonds. The highest BCUT2D eigenvalue weighted by Gasteiger charge is 2.26. The predicted molar refractivity (Wildman–Crippen MR) is 135 cm³/mol. The quantitative estimate of drug-likeness (QED) is 0.544. The molecule has 0 saturated heterocycles. The molecule has 1 aromatic heterocycles. The summed E-state index contributed by atoms with van der Waals surface area (Å²) >= 11 is 0. The molecule has 1 aliphatic heterocycles. The normalized spacial score (nSPS) is 13.6. The Morgan fingerprint density at radius 2 is 2.03 bits per heavy atom. The molecule has 1 atom stereocenters. The minimum atomic E-state index is -0.202. The second kappa shape index (κ2) is 10.9. The van der Waals surface area contributed by atoms with Crippen LogP contribution >= 0.6 is 12.4 Å². The third-order valence-corrected chi connectivity index (χ3v) is 6.18. The number of likely N-dealkylation sites (N-methyl/N-ethyl adjacent to an activating group) is 1. The third-order valence-electron chi connectivity index (χ3n) is 6.18. The van der Waals surface area contributed by atoms with Gasteiger partial charge in [-0.2, -0.15) is 10.2 Å². The Kier molecular flexibility index (Phi) is 8.15. The van der Waals surface area contributed by atoms with Crippen LogP contribution in [0.1, 0.15) is 43.0 Å². The molecule has 9 heteroatoms. The van der Waals surface area contributed by atoms with Gasteiger partial charge in [0.25, 0.3) is 5.89 Å². The van der Waals surface area contributed by atoms with Crippen LogP contribution in [0.3, 0.4) is 0 Å². The zero-order chi connectivity index (χ0) is 24.4. The first-order valence-electron chi connectivity index (χ1n) is 11.4. The largest absolute Gasteiger partial charge is 0.490 e. The van der Waals surface area contributed by atoms with Crippen LogP contribution in [0, 0.1) is 18.3 Å². The number of amides is 1. The molecule has 2 heterocycles. The number of fused-ring (bicyclic) bond motifs is 1. The monoisotopic (exact) mass is 495 g/mol. The van der Waals surface area contributed by atoms with Gasteiger partial charge in [0.15, 0.2) is 0 Å². The highest BCUT2D eigenvalue weighted by molar-refractivity contribution is 5.85. The molecule has 0 saturated carbocycles. The number of rotatable bonds is 6. The smallest absolute Gasteiger partial charge is 0.258 e. The van der Waals surface area contributed by atoms with Crippen molar-refractivity contribution in [3.63, 3.8) is 0 Å². The van der Waals surface area contributed by atoms with E-state index in [1.165, 1.54) is 5.56 Å². The van der Waals surface area contributed by atoms with Crippen molar-refractivity contribution in [1.29, 1.82) is 5.26 Å². The summed E-state index contributed by atoms with van der Waals surface area (Å²) in [5.41, 5.74) is 5.45. The molecule has 0 aliphatic carbocycles. The number of aromatic nitrogens is 2. The highest BCUT2D eigenvalue weighted by Crippen LogP contribution is 2.32. The van der Waals surface area contributed by atoms with Crippen LogP contribution in [-0.2, 0) is 17.8 Å². The molecule has 3 aromatic rings. The van der Waals surface area contributed by atoms with Crippen LogP contribution in [-0.4, -0.2) is 46.7 Å².